The molecule has 2 nitrogen and oxygen atoms in total. The predicted molar refractivity (Wildman–Crippen MR) is 53.5 cm³/mol. The third-order valence-corrected chi connectivity index (χ3v) is 2.02. The number of nitrogens with zero attached hydrogens (tertiary/aromatic N) is 1. The van der Waals surface area contributed by atoms with E-state index in [1.165, 1.54) is 0 Å². The molecule has 1 rings (SSSR count). The Kier molecular flexibility index (Phi) is 2.75. The van der Waals surface area contributed by atoms with Gasteiger partial charge >= 0.3 is 0 Å². The summed E-state index contributed by atoms with van der Waals surface area (Å²) in [6.45, 7) is 0. The zero-order valence-electron chi connectivity index (χ0n) is 6.95. The second-order valence-electron chi connectivity index (χ2n) is 2.75. The molecule has 0 saturated carbocycles. The zero-order valence-corrected chi connectivity index (χ0v) is 8.52. The Labute approximate surface area is 77.7 Å². The molecule has 0 bridgehead atoms. The molecule has 0 aliphatic rings. The van der Waals surface area contributed by atoms with Gasteiger partial charge in [-0.1, -0.05) is 17.7 Å². The van der Waals surface area contributed by atoms with Gasteiger partial charge in [0.2, 0.25) is 0 Å². The van der Waals surface area contributed by atoms with Crippen molar-refractivity contribution >= 4 is 27.0 Å². The van der Waals surface area contributed by atoms with Crippen LogP contribution in [0.5, 0.6) is 0 Å². The smallest absolute Gasteiger partial charge is 0.0744 e. The molecule has 1 aromatic carbocycles. The molecule has 0 atom stereocenters. The lowest BCUT2D eigenvalue weighted by Gasteiger charge is -1.96. The lowest BCUT2D eigenvalue weighted by Crippen LogP contribution is -1.88. The van der Waals surface area contributed by atoms with E-state index in [4.69, 9.17) is 11.6 Å². The number of halogens is 1. The molecule has 0 N–H and O–H groups in total. The van der Waals surface area contributed by atoms with Crippen molar-refractivity contribution in [3.63, 3.8) is 0 Å². The molecule has 0 spiro atoms. The summed E-state index contributed by atoms with van der Waals surface area (Å²) in [6, 6.07) is 7.01. The van der Waals surface area contributed by atoms with Crippen LogP contribution in [0.4, 0.5) is 5.69 Å². The van der Waals surface area contributed by atoms with Crippen molar-refractivity contribution in [2.75, 3.05) is 12.5 Å². The molecule has 0 radical (unpaired) electrons. The van der Waals surface area contributed by atoms with Crippen LogP contribution >= 0.6 is 11.6 Å². The van der Waals surface area contributed by atoms with Crippen molar-refractivity contribution in [1.29, 1.82) is 0 Å². The Balaban J connectivity index is 3.15. The Morgan fingerprint density at radius 3 is 2.58 bits per heavy atom. The normalized spacial score (nSPS) is 11.2. The first-order valence-electron chi connectivity index (χ1n) is 3.40. The predicted octanol–water partition coefficient (Wildman–Crippen LogP) is 2.70. The van der Waals surface area contributed by atoms with Gasteiger partial charge in [-0.05, 0) is 18.2 Å². The molecule has 1 aromatic rings. The van der Waals surface area contributed by atoms with Crippen LogP contribution in [0.1, 0.15) is 0 Å². The summed E-state index contributed by atoms with van der Waals surface area (Å²) in [5.41, 5.74) is 0.664. The van der Waals surface area contributed by atoms with Crippen LogP contribution in [-0.2, 0) is 9.73 Å². The van der Waals surface area contributed by atoms with Gasteiger partial charge in [0.15, 0.2) is 0 Å². The highest BCUT2D eigenvalue weighted by Gasteiger charge is 1.93. The van der Waals surface area contributed by atoms with E-state index >= 15 is 0 Å². The van der Waals surface area contributed by atoms with Crippen molar-refractivity contribution in [3.05, 3.63) is 29.3 Å². The van der Waals surface area contributed by atoms with E-state index in [1.807, 2.05) is 0 Å². The average molecular weight is 204 g/mol. The Hall–Kier alpha value is -0.540. The third-order valence-electron chi connectivity index (χ3n) is 1.13. The topological polar surface area (TPSA) is 29.4 Å². The molecule has 0 aromatic heterocycles. The summed E-state index contributed by atoms with van der Waals surface area (Å²) in [5, 5.41) is 0.611. The first-order valence-corrected chi connectivity index (χ1v) is 6.11. The second kappa shape index (κ2) is 3.46. The fourth-order valence-corrected chi connectivity index (χ4v) is 1.59. The molecule has 0 fully saturated rings. The summed E-state index contributed by atoms with van der Waals surface area (Å²) in [4.78, 5) is 0. The highest BCUT2D eigenvalue weighted by molar-refractivity contribution is 7.92. The zero-order chi connectivity index (χ0) is 9.19. The molecule has 0 aliphatic carbocycles. The third kappa shape index (κ3) is 3.24. The van der Waals surface area contributed by atoms with E-state index in [0.29, 0.717) is 10.7 Å². The highest BCUT2D eigenvalue weighted by Crippen LogP contribution is 2.18. The molecule has 0 aliphatic heterocycles. The minimum atomic E-state index is -2.08. The van der Waals surface area contributed by atoms with Crippen LogP contribution in [0, 0.1) is 0 Å². The first-order chi connectivity index (χ1) is 5.47. The molecular weight excluding hydrogens is 194 g/mol. The van der Waals surface area contributed by atoms with Crippen LogP contribution in [0.15, 0.2) is 28.6 Å². The number of benzene rings is 1. The minimum absolute atomic E-state index is 0.611. The van der Waals surface area contributed by atoms with Crippen LogP contribution < -0.4 is 0 Å². The SMILES string of the molecule is CS(C)(=O)=Nc1cccc(Cl)c1. The maximum atomic E-state index is 11.3. The van der Waals surface area contributed by atoms with Crippen LogP contribution in [0.3, 0.4) is 0 Å². The van der Waals surface area contributed by atoms with Crippen molar-refractivity contribution in [1.82, 2.24) is 0 Å². The summed E-state index contributed by atoms with van der Waals surface area (Å²) in [6.07, 6.45) is 3.18. The lowest BCUT2D eigenvalue weighted by atomic mass is 10.3. The number of rotatable bonds is 1. The largest absolute Gasteiger partial charge is 0.250 e. The van der Waals surface area contributed by atoms with E-state index in [2.05, 4.69) is 4.36 Å². The molecule has 0 heterocycles. The van der Waals surface area contributed by atoms with E-state index in [-0.39, 0.29) is 0 Å². The summed E-state index contributed by atoms with van der Waals surface area (Å²) in [5.74, 6) is 0. The van der Waals surface area contributed by atoms with E-state index < -0.39 is 9.73 Å². The Bertz CT molecular complexity index is 386. The van der Waals surface area contributed by atoms with Gasteiger partial charge in [0, 0.05) is 27.3 Å². The Morgan fingerprint density at radius 1 is 1.42 bits per heavy atom. The average Bonchev–Trinajstić information content (AvgIpc) is 1.82. The van der Waals surface area contributed by atoms with Crippen molar-refractivity contribution in [3.8, 4) is 0 Å². The lowest BCUT2D eigenvalue weighted by molar-refractivity contribution is 0.684. The molecule has 4 heteroatoms. The van der Waals surface area contributed by atoms with Crippen molar-refractivity contribution < 1.29 is 4.21 Å². The number of hydrogen-bond donors (Lipinski definition) is 0. The van der Waals surface area contributed by atoms with Crippen molar-refractivity contribution in [2.45, 2.75) is 0 Å². The van der Waals surface area contributed by atoms with Gasteiger partial charge in [0.05, 0.1) is 5.69 Å². The van der Waals surface area contributed by atoms with Gasteiger partial charge in [-0.3, -0.25) is 0 Å². The van der Waals surface area contributed by atoms with Gasteiger partial charge in [-0.15, -0.1) is 0 Å². The van der Waals surface area contributed by atoms with Gasteiger partial charge in [0.1, 0.15) is 0 Å². The van der Waals surface area contributed by atoms with Gasteiger partial charge in [-0.25, -0.2) is 4.21 Å². The van der Waals surface area contributed by atoms with E-state index in [1.54, 1.807) is 36.8 Å². The summed E-state index contributed by atoms with van der Waals surface area (Å²) in [7, 11) is -2.08. The molecule has 0 saturated heterocycles. The van der Waals surface area contributed by atoms with Gasteiger partial charge in [-0.2, -0.15) is 4.36 Å². The summed E-state index contributed by atoms with van der Waals surface area (Å²) >= 11 is 5.72. The number of hydrogen-bond acceptors (Lipinski definition) is 2. The van der Waals surface area contributed by atoms with Crippen molar-refractivity contribution in [2.24, 2.45) is 4.36 Å². The fourth-order valence-electron chi connectivity index (χ4n) is 0.787. The molecule has 0 unspecified atom stereocenters. The van der Waals surface area contributed by atoms with Crippen LogP contribution in [0.25, 0.3) is 0 Å². The van der Waals surface area contributed by atoms with E-state index in [0.717, 1.165) is 0 Å². The minimum Gasteiger partial charge on any atom is -0.250 e. The molecule has 0 amide bonds. The monoisotopic (exact) mass is 203 g/mol. The molecule has 66 valence electrons. The van der Waals surface area contributed by atoms with E-state index in [9.17, 15) is 4.21 Å². The van der Waals surface area contributed by atoms with Gasteiger partial charge in [0.25, 0.3) is 0 Å². The molecular formula is C8H10ClNOS. The molecule has 12 heavy (non-hydrogen) atoms. The highest BCUT2D eigenvalue weighted by atomic mass is 35.5. The maximum absolute atomic E-state index is 11.3. The first kappa shape index (κ1) is 9.55. The maximum Gasteiger partial charge on any atom is 0.0744 e. The second-order valence-corrected chi connectivity index (χ2v) is 5.73. The summed E-state index contributed by atoms with van der Waals surface area (Å²) < 4.78 is 15.3. The van der Waals surface area contributed by atoms with Crippen LogP contribution in [0.2, 0.25) is 5.02 Å². The van der Waals surface area contributed by atoms with Gasteiger partial charge < -0.3 is 0 Å². The fraction of sp³-hybridized carbons (Fsp3) is 0.250. The quantitative estimate of drug-likeness (QED) is 0.690. The standard InChI is InChI=1S/C8H10ClNOS/c1-12(2,11)10-8-5-3-4-7(9)6-8/h3-6H,1-2H3. The Morgan fingerprint density at radius 2 is 2.08 bits per heavy atom. The van der Waals surface area contributed by atoms with Crippen LogP contribution in [-0.4, -0.2) is 16.7 Å².